The van der Waals surface area contributed by atoms with Gasteiger partial charge in [-0.3, -0.25) is 4.79 Å². The third-order valence-corrected chi connectivity index (χ3v) is 2.78. The van der Waals surface area contributed by atoms with Gasteiger partial charge in [0, 0.05) is 6.26 Å². The molecule has 0 bridgehead atoms. The van der Waals surface area contributed by atoms with Crippen LogP contribution in [0.4, 0.5) is 10.1 Å². The molecule has 1 amide bonds. The van der Waals surface area contributed by atoms with Crippen LogP contribution in [0.3, 0.4) is 0 Å². The lowest BCUT2D eigenvalue weighted by Gasteiger charge is -2.04. The van der Waals surface area contributed by atoms with Crippen molar-refractivity contribution in [1.29, 1.82) is 0 Å². The normalized spacial score (nSPS) is 13.2. The molecule has 0 aliphatic carbocycles. The Bertz CT molecular complexity index is 487. The molecular weight excluding hydrogens is 259 g/mol. The topological polar surface area (TPSA) is 76.1 Å². The number of rotatable bonds is 3. The highest BCUT2D eigenvalue weighted by Gasteiger charge is 2.14. The molecule has 0 radical (unpaired) electrons. The summed E-state index contributed by atoms with van der Waals surface area (Å²) in [4.78, 5) is 14.4. The zero-order valence-corrected chi connectivity index (χ0v) is 9.72. The summed E-state index contributed by atoms with van der Waals surface area (Å²) in [5.74, 6) is -1.03. The summed E-state index contributed by atoms with van der Waals surface area (Å²) < 4.78 is 34.4. The molecule has 1 atom stereocenters. The van der Waals surface area contributed by atoms with E-state index in [1.165, 1.54) is 12.1 Å². The second-order valence-electron chi connectivity index (χ2n) is 2.95. The number of alkyl halides is 2. The zero-order valence-electron chi connectivity index (χ0n) is 8.15. The predicted octanol–water partition coefficient (Wildman–Crippen LogP) is 0.958. The smallest absolute Gasteiger partial charge is 0.274 e. The maximum absolute atomic E-state index is 12.3. The standard InChI is InChI=1S/C8H8ClFN2O3S/c1-16(14,15)6-3-2-5(4-11-6)12-8(13)7(9)10/h2-4,7H,1H3,(H,12,13). The maximum atomic E-state index is 12.3. The molecule has 8 heteroatoms. The highest BCUT2D eigenvalue weighted by atomic mass is 35.5. The number of halogens is 2. The predicted molar refractivity (Wildman–Crippen MR) is 56.7 cm³/mol. The van der Waals surface area contributed by atoms with Crippen molar-refractivity contribution in [2.24, 2.45) is 0 Å². The van der Waals surface area contributed by atoms with Crippen LogP contribution in [0.15, 0.2) is 23.4 Å². The van der Waals surface area contributed by atoms with Gasteiger partial charge in [0.25, 0.3) is 11.5 Å². The monoisotopic (exact) mass is 266 g/mol. The van der Waals surface area contributed by atoms with E-state index in [4.69, 9.17) is 11.6 Å². The summed E-state index contributed by atoms with van der Waals surface area (Å²) in [5.41, 5.74) is -1.99. The van der Waals surface area contributed by atoms with Crippen molar-refractivity contribution in [1.82, 2.24) is 4.98 Å². The second-order valence-corrected chi connectivity index (χ2v) is 5.29. The average Bonchev–Trinajstić information content (AvgIpc) is 2.17. The minimum atomic E-state index is -3.39. The van der Waals surface area contributed by atoms with Gasteiger partial charge in [-0.1, -0.05) is 11.6 Å². The Morgan fingerprint density at radius 2 is 2.19 bits per heavy atom. The Morgan fingerprint density at radius 1 is 1.56 bits per heavy atom. The third-order valence-electron chi connectivity index (χ3n) is 1.58. The van der Waals surface area contributed by atoms with Gasteiger partial charge in [0.1, 0.15) is 0 Å². The Morgan fingerprint density at radius 3 is 2.56 bits per heavy atom. The van der Waals surface area contributed by atoms with E-state index in [-0.39, 0.29) is 10.7 Å². The average molecular weight is 267 g/mol. The van der Waals surface area contributed by atoms with Crippen molar-refractivity contribution in [3.05, 3.63) is 18.3 Å². The van der Waals surface area contributed by atoms with Crippen molar-refractivity contribution in [3.8, 4) is 0 Å². The number of nitrogens with one attached hydrogen (secondary N) is 1. The molecule has 0 saturated carbocycles. The minimum Gasteiger partial charge on any atom is -0.321 e. The lowest BCUT2D eigenvalue weighted by molar-refractivity contribution is -0.118. The quantitative estimate of drug-likeness (QED) is 0.827. The molecule has 1 heterocycles. The summed E-state index contributed by atoms with van der Waals surface area (Å²) in [5, 5.41) is 1.99. The molecule has 1 aromatic heterocycles. The molecule has 0 spiro atoms. The van der Waals surface area contributed by atoms with Gasteiger partial charge in [0.2, 0.25) is 0 Å². The lowest BCUT2D eigenvalue weighted by Crippen LogP contribution is -2.19. The molecule has 1 unspecified atom stereocenters. The van der Waals surface area contributed by atoms with E-state index >= 15 is 0 Å². The number of carbonyl (C=O) groups excluding carboxylic acids is 1. The maximum Gasteiger partial charge on any atom is 0.274 e. The van der Waals surface area contributed by atoms with E-state index in [2.05, 4.69) is 10.3 Å². The largest absolute Gasteiger partial charge is 0.321 e. The van der Waals surface area contributed by atoms with Crippen molar-refractivity contribution in [2.75, 3.05) is 11.6 Å². The lowest BCUT2D eigenvalue weighted by atomic mass is 10.4. The van der Waals surface area contributed by atoms with Gasteiger partial charge < -0.3 is 5.32 Å². The highest BCUT2D eigenvalue weighted by Crippen LogP contribution is 2.11. The van der Waals surface area contributed by atoms with E-state index in [0.717, 1.165) is 12.5 Å². The molecule has 0 aromatic carbocycles. The van der Waals surface area contributed by atoms with Crippen LogP contribution in [-0.4, -0.2) is 31.2 Å². The van der Waals surface area contributed by atoms with E-state index in [1.54, 1.807) is 0 Å². The molecule has 1 rings (SSSR count). The SMILES string of the molecule is CS(=O)(=O)c1ccc(NC(=O)C(F)Cl)cn1. The number of nitrogens with zero attached hydrogens (tertiary/aromatic N) is 1. The van der Waals surface area contributed by atoms with Crippen molar-refractivity contribution >= 4 is 33.0 Å². The highest BCUT2D eigenvalue weighted by molar-refractivity contribution is 7.90. The van der Waals surface area contributed by atoms with E-state index in [1.807, 2.05) is 0 Å². The molecule has 0 aliphatic rings. The fourth-order valence-corrected chi connectivity index (χ4v) is 1.48. The number of anilines is 1. The Hall–Kier alpha value is -1.21. The summed E-state index contributed by atoms with van der Waals surface area (Å²) in [6, 6.07) is 2.49. The first kappa shape index (κ1) is 12.9. The van der Waals surface area contributed by atoms with Gasteiger partial charge >= 0.3 is 0 Å². The molecule has 0 saturated heterocycles. The number of pyridine rings is 1. The first-order valence-corrected chi connectivity index (χ1v) is 6.38. The van der Waals surface area contributed by atoms with Crippen molar-refractivity contribution < 1.29 is 17.6 Å². The molecule has 1 aromatic rings. The molecule has 1 N–H and O–H groups in total. The molecule has 5 nitrogen and oxygen atoms in total. The van der Waals surface area contributed by atoms with Crippen LogP contribution in [0.1, 0.15) is 0 Å². The van der Waals surface area contributed by atoms with Crippen LogP contribution >= 0.6 is 11.6 Å². The molecular formula is C8H8ClFN2O3S. The van der Waals surface area contributed by atoms with E-state index in [0.29, 0.717) is 0 Å². The Balaban J connectivity index is 2.84. The number of carbonyl (C=O) groups is 1. The van der Waals surface area contributed by atoms with Gasteiger partial charge in [-0.05, 0) is 12.1 Å². The van der Waals surface area contributed by atoms with E-state index < -0.39 is 21.4 Å². The zero-order chi connectivity index (χ0) is 12.3. The van der Waals surface area contributed by atoms with Crippen LogP contribution in [0.2, 0.25) is 0 Å². The van der Waals surface area contributed by atoms with Gasteiger partial charge in [-0.15, -0.1) is 0 Å². The van der Waals surface area contributed by atoms with Gasteiger partial charge in [-0.2, -0.15) is 0 Å². The van der Waals surface area contributed by atoms with Crippen molar-refractivity contribution in [3.63, 3.8) is 0 Å². The number of aromatic nitrogens is 1. The number of sulfone groups is 1. The van der Waals surface area contributed by atoms with Gasteiger partial charge in [0.05, 0.1) is 11.9 Å². The fraction of sp³-hybridized carbons (Fsp3) is 0.250. The van der Waals surface area contributed by atoms with Crippen LogP contribution in [-0.2, 0) is 14.6 Å². The van der Waals surface area contributed by atoms with Crippen LogP contribution < -0.4 is 5.32 Å². The molecule has 0 aliphatic heterocycles. The number of hydrogen-bond acceptors (Lipinski definition) is 4. The minimum absolute atomic E-state index is 0.131. The summed E-state index contributed by atoms with van der Waals surface area (Å²) in [7, 11) is -3.39. The van der Waals surface area contributed by atoms with Crippen molar-refractivity contribution in [2.45, 2.75) is 10.7 Å². The van der Waals surface area contributed by atoms with Gasteiger partial charge in [0.15, 0.2) is 14.9 Å². The fourth-order valence-electron chi connectivity index (χ4n) is 0.870. The number of amides is 1. The Kier molecular flexibility index (Phi) is 3.82. The first-order valence-electron chi connectivity index (χ1n) is 4.06. The molecule has 16 heavy (non-hydrogen) atoms. The van der Waals surface area contributed by atoms with Crippen LogP contribution in [0.25, 0.3) is 0 Å². The number of hydrogen-bond donors (Lipinski definition) is 1. The molecule has 88 valence electrons. The first-order chi connectivity index (χ1) is 7.30. The summed E-state index contributed by atoms with van der Waals surface area (Å²) in [6.45, 7) is 0. The molecule has 0 fully saturated rings. The Labute approximate surface area is 96.6 Å². The van der Waals surface area contributed by atoms with Crippen LogP contribution in [0, 0.1) is 0 Å². The second kappa shape index (κ2) is 4.75. The summed E-state index contributed by atoms with van der Waals surface area (Å²) in [6.07, 6.45) is 2.11. The summed E-state index contributed by atoms with van der Waals surface area (Å²) >= 11 is 4.89. The van der Waals surface area contributed by atoms with Gasteiger partial charge in [-0.25, -0.2) is 17.8 Å². The third kappa shape index (κ3) is 3.42. The van der Waals surface area contributed by atoms with E-state index in [9.17, 15) is 17.6 Å². The van der Waals surface area contributed by atoms with Crippen LogP contribution in [0.5, 0.6) is 0 Å².